The van der Waals surface area contributed by atoms with E-state index in [4.69, 9.17) is 16.3 Å². The fourth-order valence-electron chi connectivity index (χ4n) is 4.36. The molecule has 2 saturated heterocycles. The molecule has 3 heterocycles. The van der Waals surface area contributed by atoms with Crippen LogP contribution in [0.25, 0.3) is 0 Å². The fourth-order valence-corrected chi connectivity index (χ4v) is 4.45. The van der Waals surface area contributed by atoms with Crippen molar-refractivity contribution in [2.45, 2.75) is 39.0 Å². The van der Waals surface area contributed by atoms with Gasteiger partial charge in [-0.25, -0.2) is 9.97 Å². The van der Waals surface area contributed by atoms with Crippen molar-refractivity contribution in [3.8, 4) is 5.75 Å². The first kappa shape index (κ1) is 22.0. The number of aromatic nitrogens is 2. The van der Waals surface area contributed by atoms with E-state index in [1.54, 1.807) is 12.4 Å². The quantitative estimate of drug-likeness (QED) is 0.461. The van der Waals surface area contributed by atoms with Crippen molar-refractivity contribution in [1.29, 1.82) is 0 Å². The van der Waals surface area contributed by atoms with Crippen LogP contribution in [0.2, 0.25) is 5.02 Å². The average Bonchev–Trinajstić information content (AvgIpc) is 2.75. The van der Waals surface area contributed by atoms with Crippen molar-refractivity contribution >= 4 is 23.3 Å². The first-order valence-corrected chi connectivity index (χ1v) is 11.7. The van der Waals surface area contributed by atoms with Crippen LogP contribution < -0.4 is 15.0 Å². The lowest BCUT2D eigenvalue weighted by atomic mass is 9.92. The smallest absolute Gasteiger partial charge is 0.225 e. The highest BCUT2D eigenvalue weighted by molar-refractivity contribution is 6.30. The van der Waals surface area contributed by atoms with Crippen molar-refractivity contribution < 1.29 is 9.53 Å². The second-order valence-corrected chi connectivity index (χ2v) is 9.19. The van der Waals surface area contributed by atoms with Crippen LogP contribution in [0.1, 0.15) is 48.0 Å². The highest BCUT2D eigenvalue weighted by Gasteiger charge is 2.22. The zero-order valence-electron chi connectivity index (χ0n) is 18.1. The molecule has 2 aromatic rings. The molecule has 31 heavy (non-hydrogen) atoms. The van der Waals surface area contributed by atoms with Crippen molar-refractivity contribution in [1.82, 2.24) is 15.3 Å². The monoisotopic (exact) mass is 442 g/mol. The Morgan fingerprint density at radius 3 is 2.58 bits per heavy atom. The number of nitrogens with zero attached hydrogens (tertiary/aromatic N) is 3. The molecule has 1 N–H and O–H groups in total. The van der Waals surface area contributed by atoms with Crippen LogP contribution in [0.4, 0.5) is 5.95 Å². The number of carbonyl (C=O) groups is 1. The van der Waals surface area contributed by atoms with E-state index in [1.807, 2.05) is 25.1 Å². The van der Waals surface area contributed by atoms with Gasteiger partial charge in [0, 0.05) is 25.1 Å². The lowest BCUT2D eigenvalue weighted by Gasteiger charge is -2.32. The molecule has 0 aliphatic carbocycles. The molecule has 0 radical (unpaired) electrons. The first-order valence-electron chi connectivity index (χ1n) is 11.3. The van der Waals surface area contributed by atoms with Crippen LogP contribution >= 0.6 is 11.6 Å². The Hall–Kier alpha value is -2.18. The predicted octanol–water partition coefficient (Wildman–Crippen LogP) is 4.31. The van der Waals surface area contributed by atoms with Crippen LogP contribution in [0.3, 0.4) is 0 Å². The van der Waals surface area contributed by atoms with E-state index in [9.17, 15) is 4.79 Å². The maximum Gasteiger partial charge on any atom is 0.225 e. The lowest BCUT2D eigenvalue weighted by molar-refractivity contribution is 0.0945. The number of benzene rings is 1. The summed E-state index contributed by atoms with van der Waals surface area (Å²) in [5.41, 5.74) is 1.84. The minimum Gasteiger partial charge on any atom is -0.494 e. The Morgan fingerprint density at radius 2 is 1.94 bits per heavy atom. The third-order valence-electron chi connectivity index (χ3n) is 6.37. The third kappa shape index (κ3) is 5.95. The Bertz CT molecular complexity index is 878. The second kappa shape index (κ2) is 10.4. The Kier molecular flexibility index (Phi) is 7.41. The number of rotatable bonds is 9. The van der Waals surface area contributed by atoms with Crippen molar-refractivity contribution in [3.63, 3.8) is 0 Å². The highest BCUT2D eigenvalue weighted by atomic mass is 35.5. The lowest BCUT2D eigenvalue weighted by Crippen LogP contribution is -2.43. The average molecular weight is 443 g/mol. The topological polar surface area (TPSA) is 67.3 Å². The molecule has 0 saturated carbocycles. The van der Waals surface area contributed by atoms with Crippen LogP contribution in [-0.4, -0.2) is 48.5 Å². The highest BCUT2D eigenvalue weighted by Crippen LogP contribution is 2.25. The zero-order chi connectivity index (χ0) is 21.6. The molecule has 4 rings (SSSR count). The zero-order valence-corrected chi connectivity index (χ0v) is 18.9. The summed E-state index contributed by atoms with van der Waals surface area (Å²) < 4.78 is 5.96. The summed E-state index contributed by atoms with van der Waals surface area (Å²) in [6.45, 7) is 6.59. The summed E-state index contributed by atoms with van der Waals surface area (Å²) in [4.78, 5) is 23.3. The number of ether oxygens (including phenoxy) is 1. The van der Waals surface area contributed by atoms with Gasteiger partial charge in [0.05, 0.1) is 24.0 Å². The summed E-state index contributed by atoms with van der Waals surface area (Å²) in [6.07, 6.45) is 8.46. The predicted molar refractivity (Wildman–Crippen MR) is 123 cm³/mol. The van der Waals surface area contributed by atoms with Gasteiger partial charge in [0.25, 0.3) is 0 Å². The molecular weight excluding hydrogens is 412 g/mol. The normalized spacial score (nSPS) is 17.4. The van der Waals surface area contributed by atoms with Crippen LogP contribution in [0.5, 0.6) is 5.75 Å². The number of nitrogens with one attached hydrogen (secondary N) is 1. The van der Waals surface area contributed by atoms with E-state index >= 15 is 0 Å². The molecule has 0 atom stereocenters. The summed E-state index contributed by atoms with van der Waals surface area (Å²) in [5, 5.41) is 3.79. The third-order valence-corrected chi connectivity index (χ3v) is 6.56. The van der Waals surface area contributed by atoms with E-state index < -0.39 is 0 Å². The maximum absolute atomic E-state index is 12.5. The van der Waals surface area contributed by atoms with E-state index in [0.717, 1.165) is 74.2 Å². The molecule has 1 aromatic heterocycles. The Labute approximate surface area is 189 Å². The van der Waals surface area contributed by atoms with Gasteiger partial charge in [-0.1, -0.05) is 11.6 Å². The molecule has 0 amide bonds. The molecule has 0 unspecified atom stereocenters. The molecule has 7 heteroatoms. The number of ketones is 1. The molecule has 2 aliphatic rings. The molecule has 1 aromatic carbocycles. The SMILES string of the molecule is Cc1cc(OCCCC2CCN(c3ncc(Cl)cn3)CC2)ccc1C(=O)CC1CNC1. The van der Waals surface area contributed by atoms with Crippen LogP contribution in [0.15, 0.2) is 30.6 Å². The largest absolute Gasteiger partial charge is 0.494 e. The van der Waals surface area contributed by atoms with Crippen LogP contribution in [0, 0.1) is 18.8 Å². The first-order chi connectivity index (χ1) is 15.1. The molecule has 0 bridgehead atoms. The summed E-state index contributed by atoms with van der Waals surface area (Å²) in [7, 11) is 0. The van der Waals surface area contributed by atoms with Gasteiger partial charge in [0.2, 0.25) is 5.95 Å². The number of hydrogen-bond donors (Lipinski definition) is 1. The minimum atomic E-state index is 0.242. The van der Waals surface area contributed by atoms with E-state index in [0.29, 0.717) is 24.0 Å². The van der Waals surface area contributed by atoms with E-state index in [1.165, 1.54) is 6.42 Å². The maximum atomic E-state index is 12.5. The van der Waals surface area contributed by atoms with Gasteiger partial charge < -0.3 is 15.0 Å². The van der Waals surface area contributed by atoms with E-state index in [-0.39, 0.29) is 5.78 Å². The number of anilines is 1. The Morgan fingerprint density at radius 1 is 1.19 bits per heavy atom. The number of carbonyl (C=O) groups excluding carboxylic acids is 1. The van der Waals surface area contributed by atoms with Gasteiger partial charge in [-0.15, -0.1) is 0 Å². The van der Waals surface area contributed by atoms with Gasteiger partial charge in [-0.3, -0.25) is 4.79 Å². The number of aryl methyl sites for hydroxylation is 1. The summed E-state index contributed by atoms with van der Waals surface area (Å²) in [5.74, 6) is 3.08. The van der Waals surface area contributed by atoms with Gasteiger partial charge in [0.15, 0.2) is 5.78 Å². The number of halogens is 1. The molecule has 2 aliphatic heterocycles. The number of hydrogen-bond acceptors (Lipinski definition) is 6. The molecule has 0 spiro atoms. The van der Waals surface area contributed by atoms with Gasteiger partial charge in [-0.05, 0) is 81.3 Å². The van der Waals surface area contributed by atoms with Crippen molar-refractivity contribution in [2.24, 2.45) is 11.8 Å². The molecule has 6 nitrogen and oxygen atoms in total. The summed E-state index contributed by atoms with van der Waals surface area (Å²) >= 11 is 5.87. The number of Topliss-reactive ketones (excluding diaryl/α,β-unsaturated/α-hetero) is 1. The second-order valence-electron chi connectivity index (χ2n) is 8.75. The molecular formula is C24H31ClN4O2. The summed E-state index contributed by atoms with van der Waals surface area (Å²) in [6, 6.07) is 5.86. The van der Waals surface area contributed by atoms with Gasteiger partial charge in [0.1, 0.15) is 5.75 Å². The van der Waals surface area contributed by atoms with Gasteiger partial charge >= 0.3 is 0 Å². The Balaban J connectivity index is 1.16. The number of piperidine rings is 1. The van der Waals surface area contributed by atoms with E-state index in [2.05, 4.69) is 20.2 Å². The van der Waals surface area contributed by atoms with Gasteiger partial charge in [-0.2, -0.15) is 0 Å². The minimum absolute atomic E-state index is 0.242. The van der Waals surface area contributed by atoms with Crippen molar-refractivity contribution in [3.05, 3.63) is 46.7 Å². The molecule has 2 fully saturated rings. The van der Waals surface area contributed by atoms with Crippen molar-refractivity contribution in [2.75, 3.05) is 37.7 Å². The van der Waals surface area contributed by atoms with Crippen LogP contribution in [-0.2, 0) is 0 Å². The fraction of sp³-hybridized carbons (Fsp3) is 0.542. The standard InChI is InChI=1S/C24H31ClN4O2/c1-17-11-21(4-5-22(17)23(30)12-19-13-26-14-19)31-10-2-3-18-6-8-29(9-7-18)24-27-15-20(25)16-28-24/h4-5,11,15-16,18-19,26H,2-3,6-10,12-14H2,1H3. The molecule has 166 valence electrons.